The maximum absolute atomic E-state index is 11.6. The van der Waals surface area contributed by atoms with Crippen LogP contribution in [0.5, 0.6) is 0 Å². The number of ether oxygens (including phenoxy) is 1. The van der Waals surface area contributed by atoms with Gasteiger partial charge < -0.3 is 21.1 Å². The fourth-order valence-electron chi connectivity index (χ4n) is 2.76. The molecule has 108 valence electrons. The molecule has 1 aliphatic heterocycles. The molecule has 4 N–H and O–H groups in total. The Bertz CT molecular complexity index is 512. The van der Waals surface area contributed by atoms with Gasteiger partial charge in [-0.1, -0.05) is 0 Å². The summed E-state index contributed by atoms with van der Waals surface area (Å²) in [5.74, 6) is 0.157. The van der Waals surface area contributed by atoms with E-state index < -0.39 is 5.91 Å². The van der Waals surface area contributed by atoms with E-state index in [9.17, 15) is 4.79 Å². The molecule has 0 radical (unpaired) electrons. The average molecular weight is 276 g/mol. The Hall–Kier alpha value is -1.66. The van der Waals surface area contributed by atoms with E-state index in [1.54, 1.807) is 0 Å². The Balaban J connectivity index is 1.75. The molecule has 1 atom stereocenters. The minimum atomic E-state index is -0.433. The number of hydrogen-bond acceptors (Lipinski definition) is 5. The van der Waals surface area contributed by atoms with Crippen LogP contribution in [-0.2, 0) is 17.6 Å². The summed E-state index contributed by atoms with van der Waals surface area (Å²) in [6.07, 6.45) is 3.16. The summed E-state index contributed by atoms with van der Waals surface area (Å²) < 4.78 is 5.62. The number of rotatable bonds is 4. The van der Waals surface area contributed by atoms with Crippen molar-refractivity contribution < 1.29 is 9.53 Å². The topological polar surface area (TPSA) is 89.3 Å². The van der Waals surface area contributed by atoms with Crippen molar-refractivity contribution in [3.8, 4) is 0 Å². The van der Waals surface area contributed by atoms with Crippen molar-refractivity contribution in [2.45, 2.75) is 25.4 Å². The first-order valence-corrected chi connectivity index (χ1v) is 7.13. The van der Waals surface area contributed by atoms with Gasteiger partial charge in [0.25, 0.3) is 5.91 Å². The average Bonchev–Trinajstić information content (AvgIpc) is 2.92. The lowest BCUT2D eigenvalue weighted by molar-refractivity contribution is 0.0371. The first-order valence-electron chi connectivity index (χ1n) is 7.13. The van der Waals surface area contributed by atoms with Crippen molar-refractivity contribution in [1.29, 1.82) is 0 Å². The van der Waals surface area contributed by atoms with Gasteiger partial charge in [-0.2, -0.15) is 0 Å². The highest BCUT2D eigenvalue weighted by atomic mass is 16.5. The maximum Gasteiger partial charge on any atom is 0.252 e. The van der Waals surface area contributed by atoms with Gasteiger partial charge in [0, 0.05) is 25.3 Å². The van der Waals surface area contributed by atoms with Crippen LogP contribution in [0.4, 0.5) is 5.82 Å². The van der Waals surface area contributed by atoms with E-state index in [2.05, 4.69) is 15.6 Å². The van der Waals surface area contributed by atoms with E-state index in [4.69, 9.17) is 10.5 Å². The summed E-state index contributed by atoms with van der Waals surface area (Å²) >= 11 is 0. The largest absolute Gasteiger partial charge is 0.374 e. The summed E-state index contributed by atoms with van der Waals surface area (Å²) in [5.41, 5.74) is 8.17. The number of fused-ring (bicyclic) bond motifs is 1. The fourth-order valence-corrected chi connectivity index (χ4v) is 2.76. The summed E-state index contributed by atoms with van der Waals surface area (Å²) in [6, 6.07) is 1.89. The monoisotopic (exact) mass is 276 g/mol. The molecule has 0 aromatic carbocycles. The van der Waals surface area contributed by atoms with Crippen LogP contribution in [0.3, 0.4) is 0 Å². The first kappa shape index (κ1) is 13.3. The van der Waals surface area contributed by atoms with Gasteiger partial charge in [0.1, 0.15) is 5.82 Å². The zero-order valence-corrected chi connectivity index (χ0v) is 11.4. The number of pyridine rings is 1. The highest BCUT2D eigenvalue weighted by Gasteiger charge is 2.20. The molecule has 2 aliphatic rings. The Kier molecular flexibility index (Phi) is 3.84. The number of carbonyl (C=O) groups is 1. The quantitative estimate of drug-likeness (QED) is 0.724. The van der Waals surface area contributed by atoms with Crippen molar-refractivity contribution in [3.63, 3.8) is 0 Å². The molecule has 1 saturated heterocycles. The van der Waals surface area contributed by atoms with Crippen molar-refractivity contribution in [2.24, 2.45) is 5.73 Å². The summed E-state index contributed by atoms with van der Waals surface area (Å²) in [5, 5.41) is 6.49. The van der Waals surface area contributed by atoms with E-state index in [1.165, 1.54) is 0 Å². The molecule has 1 aromatic heterocycles. The zero-order chi connectivity index (χ0) is 13.9. The van der Waals surface area contributed by atoms with E-state index in [-0.39, 0.29) is 6.10 Å². The lowest BCUT2D eigenvalue weighted by Crippen LogP contribution is -2.42. The lowest BCUT2D eigenvalue weighted by Gasteiger charge is -2.24. The minimum Gasteiger partial charge on any atom is -0.374 e. The standard InChI is InChI=1S/C14H20N4O2/c15-13(19)11-6-9-2-1-3-12(9)18-14(11)17-8-10-7-16-4-5-20-10/h6,10,16H,1-5,7-8H2,(H2,15,19)(H,17,18). The SMILES string of the molecule is NC(=O)c1cc2c(nc1NCC1CNCCO1)CCC2. The number of amides is 1. The number of hydrogen-bond donors (Lipinski definition) is 3. The van der Waals surface area contributed by atoms with Crippen molar-refractivity contribution >= 4 is 11.7 Å². The molecule has 1 unspecified atom stereocenters. The third kappa shape index (κ3) is 2.76. The van der Waals surface area contributed by atoms with Crippen LogP contribution < -0.4 is 16.4 Å². The van der Waals surface area contributed by atoms with Gasteiger partial charge in [0.15, 0.2) is 0 Å². The molecule has 2 heterocycles. The number of primary amides is 1. The third-order valence-corrected chi connectivity index (χ3v) is 3.82. The smallest absolute Gasteiger partial charge is 0.252 e. The Morgan fingerprint density at radius 3 is 3.20 bits per heavy atom. The first-order chi connectivity index (χ1) is 9.74. The van der Waals surface area contributed by atoms with Gasteiger partial charge in [-0.3, -0.25) is 4.79 Å². The maximum atomic E-state index is 11.6. The van der Waals surface area contributed by atoms with Crippen LogP contribution in [0, 0.1) is 0 Å². The summed E-state index contributed by atoms with van der Waals surface area (Å²) in [6.45, 7) is 3.04. The molecular weight excluding hydrogens is 256 g/mol. The highest BCUT2D eigenvalue weighted by Crippen LogP contribution is 2.25. The second-order valence-corrected chi connectivity index (χ2v) is 5.29. The summed E-state index contributed by atoms with van der Waals surface area (Å²) in [7, 11) is 0. The molecule has 3 rings (SSSR count). The Morgan fingerprint density at radius 2 is 2.45 bits per heavy atom. The molecule has 0 saturated carbocycles. The predicted octanol–water partition coefficient (Wildman–Crippen LogP) is 0.0695. The van der Waals surface area contributed by atoms with Crippen LogP contribution in [0.2, 0.25) is 0 Å². The van der Waals surface area contributed by atoms with Crippen molar-refractivity contribution in [2.75, 3.05) is 31.6 Å². The normalized spacial score (nSPS) is 21.5. The van der Waals surface area contributed by atoms with Gasteiger partial charge in [-0.15, -0.1) is 0 Å². The molecule has 1 aliphatic carbocycles. The Morgan fingerprint density at radius 1 is 1.55 bits per heavy atom. The predicted molar refractivity (Wildman–Crippen MR) is 75.9 cm³/mol. The lowest BCUT2D eigenvalue weighted by atomic mass is 10.1. The van der Waals surface area contributed by atoms with Gasteiger partial charge >= 0.3 is 0 Å². The molecule has 0 bridgehead atoms. The second-order valence-electron chi connectivity index (χ2n) is 5.29. The van der Waals surface area contributed by atoms with E-state index >= 15 is 0 Å². The van der Waals surface area contributed by atoms with Gasteiger partial charge in [0.05, 0.1) is 18.3 Å². The zero-order valence-electron chi connectivity index (χ0n) is 11.4. The Labute approximate surface area is 118 Å². The van der Waals surface area contributed by atoms with Crippen LogP contribution >= 0.6 is 0 Å². The van der Waals surface area contributed by atoms with E-state index in [1.807, 2.05) is 6.07 Å². The molecule has 6 heteroatoms. The molecule has 0 spiro atoms. The number of anilines is 1. The number of aryl methyl sites for hydroxylation is 2. The van der Waals surface area contributed by atoms with Crippen LogP contribution in [0.25, 0.3) is 0 Å². The number of morpholine rings is 1. The molecule has 6 nitrogen and oxygen atoms in total. The molecule has 1 amide bonds. The van der Waals surface area contributed by atoms with Gasteiger partial charge in [-0.25, -0.2) is 4.98 Å². The van der Waals surface area contributed by atoms with Crippen LogP contribution in [0.15, 0.2) is 6.07 Å². The third-order valence-electron chi connectivity index (χ3n) is 3.82. The number of carbonyl (C=O) groups excluding carboxylic acids is 1. The molecular formula is C14H20N4O2. The van der Waals surface area contributed by atoms with Gasteiger partial charge in [-0.05, 0) is 30.9 Å². The van der Waals surface area contributed by atoms with Crippen LogP contribution in [0.1, 0.15) is 28.0 Å². The van der Waals surface area contributed by atoms with Crippen molar-refractivity contribution in [1.82, 2.24) is 10.3 Å². The second kappa shape index (κ2) is 5.76. The van der Waals surface area contributed by atoms with Gasteiger partial charge in [0.2, 0.25) is 0 Å². The molecule has 20 heavy (non-hydrogen) atoms. The number of nitrogens with zero attached hydrogens (tertiary/aromatic N) is 1. The number of aromatic nitrogens is 1. The van der Waals surface area contributed by atoms with Crippen molar-refractivity contribution in [3.05, 3.63) is 22.9 Å². The molecule has 1 fully saturated rings. The minimum absolute atomic E-state index is 0.0968. The summed E-state index contributed by atoms with van der Waals surface area (Å²) in [4.78, 5) is 16.1. The number of nitrogens with two attached hydrogens (primary N) is 1. The van der Waals surface area contributed by atoms with Crippen LogP contribution in [-0.4, -0.2) is 43.2 Å². The number of nitrogens with one attached hydrogen (secondary N) is 2. The highest BCUT2D eigenvalue weighted by molar-refractivity contribution is 5.97. The fraction of sp³-hybridized carbons (Fsp3) is 0.571. The molecule has 1 aromatic rings. The van der Waals surface area contributed by atoms with E-state index in [0.717, 1.165) is 43.6 Å². The van der Waals surface area contributed by atoms with E-state index in [0.29, 0.717) is 24.5 Å².